The van der Waals surface area contributed by atoms with Crippen molar-refractivity contribution in [3.05, 3.63) is 59.7 Å². The van der Waals surface area contributed by atoms with E-state index in [1.807, 2.05) is 0 Å². The van der Waals surface area contributed by atoms with Crippen LogP contribution in [0.2, 0.25) is 0 Å². The van der Waals surface area contributed by atoms with Crippen molar-refractivity contribution in [1.82, 2.24) is 14.5 Å². The third kappa shape index (κ3) is 7.76. The molecule has 3 rings (SSSR count). The van der Waals surface area contributed by atoms with E-state index in [1.165, 1.54) is 16.4 Å². The minimum atomic E-state index is -3.62. The van der Waals surface area contributed by atoms with Crippen LogP contribution in [0.4, 0.5) is 5.69 Å². The first-order chi connectivity index (χ1) is 16.3. The van der Waals surface area contributed by atoms with E-state index in [9.17, 15) is 18.0 Å². The van der Waals surface area contributed by atoms with Gasteiger partial charge in [0.1, 0.15) is 0 Å². The van der Waals surface area contributed by atoms with Gasteiger partial charge >= 0.3 is 0 Å². The van der Waals surface area contributed by atoms with Crippen LogP contribution in [-0.2, 0) is 10.0 Å². The van der Waals surface area contributed by atoms with Gasteiger partial charge in [0.15, 0.2) is 0 Å². The summed E-state index contributed by atoms with van der Waals surface area (Å²) >= 11 is 0. The summed E-state index contributed by atoms with van der Waals surface area (Å²) in [5.74, 6) is -0.576. The molecule has 2 aromatic carbocycles. The van der Waals surface area contributed by atoms with Crippen molar-refractivity contribution in [2.45, 2.75) is 38.0 Å². The van der Waals surface area contributed by atoms with Crippen LogP contribution in [0.3, 0.4) is 0 Å². The van der Waals surface area contributed by atoms with E-state index >= 15 is 0 Å². The summed E-state index contributed by atoms with van der Waals surface area (Å²) in [5.41, 5.74) is 1.29. The zero-order valence-electron chi connectivity index (χ0n) is 20.3. The van der Waals surface area contributed by atoms with Crippen molar-refractivity contribution < 1.29 is 18.0 Å². The normalized spacial score (nSPS) is 14.3. The molecule has 2 aromatic rings. The van der Waals surface area contributed by atoms with Crippen LogP contribution in [0, 0.1) is 0 Å². The summed E-state index contributed by atoms with van der Waals surface area (Å²) in [6, 6.07) is 12.7. The van der Waals surface area contributed by atoms with Gasteiger partial charge < -0.3 is 15.5 Å². The Morgan fingerprint density at radius 1 is 0.914 bits per heavy atom. The van der Waals surface area contributed by atoms with Gasteiger partial charge in [-0.25, -0.2) is 8.42 Å². The van der Waals surface area contributed by atoms with Crippen LogP contribution in [0.5, 0.6) is 0 Å². The Balaban J connectivity index is 0.00000432. The molecular formula is C25H35ClN4O4S. The van der Waals surface area contributed by atoms with E-state index in [1.54, 1.807) is 36.4 Å². The van der Waals surface area contributed by atoms with Gasteiger partial charge in [-0.05, 0) is 68.4 Å². The lowest BCUT2D eigenvalue weighted by atomic mass is 10.1. The van der Waals surface area contributed by atoms with Gasteiger partial charge in [-0.2, -0.15) is 4.31 Å². The quantitative estimate of drug-likeness (QED) is 0.496. The largest absolute Gasteiger partial charge is 0.351 e. The Labute approximate surface area is 214 Å². The number of piperidine rings is 1. The van der Waals surface area contributed by atoms with Gasteiger partial charge in [0.2, 0.25) is 10.0 Å². The molecule has 0 aromatic heterocycles. The Hall–Kier alpha value is -2.46. The van der Waals surface area contributed by atoms with Crippen LogP contribution in [-0.4, -0.2) is 68.7 Å². The zero-order chi connectivity index (χ0) is 24.6. The number of hydrogen-bond donors (Lipinski definition) is 2. The monoisotopic (exact) mass is 522 g/mol. The van der Waals surface area contributed by atoms with Crippen molar-refractivity contribution in [3.8, 4) is 0 Å². The lowest BCUT2D eigenvalue weighted by molar-refractivity contribution is 0.0948. The lowest BCUT2D eigenvalue weighted by Crippen LogP contribution is -2.35. The summed E-state index contributed by atoms with van der Waals surface area (Å²) in [6.45, 7) is 8.42. The van der Waals surface area contributed by atoms with Crippen molar-refractivity contribution in [2.24, 2.45) is 0 Å². The van der Waals surface area contributed by atoms with Crippen molar-refractivity contribution in [1.29, 1.82) is 0 Å². The molecule has 0 spiro atoms. The van der Waals surface area contributed by atoms with Crippen LogP contribution < -0.4 is 10.6 Å². The number of rotatable bonds is 10. The molecule has 10 heteroatoms. The third-order valence-electron chi connectivity index (χ3n) is 6.06. The first kappa shape index (κ1) is 28.8. The number of carbonyl (C=O) groups excluding carboxylic acids is 2. The van der Waals surface area contributed by atoms with E-state index in [-0.39, 0.29) is 28.8 Å². The van der Waals surface area contributed by atoms with Gasteiger partial charge in [0, 0.05) is 43.0 Å². The lowest BCUT2D eigenvalue weighted by Gasteiger charge is -2.26. The van der Waals surface area contributed by atoms with E-state index in [4.69, 9.17) is 0 Å². The van der Waals surface area contributed by atoms with Crippen molar-refractivity contribution in [2.75, 3.05) is 44.6 Å². The average molecular weight is 523 g/mol. The highest BCUT2D eigenvalue weighted by Gasteiger charge is 2.26. The predicted octanol–water partition coefficient (Wildman–Crippen LogP) is 3.61. The van der Waals surface area contributed by atoms with Crippen LogP contribution >= 0.6 is 12.4 Å². The van der Waals surface area contributed by atoms with E-state index < -0.39 is 15.9 Å². The zero-order valence-corrected chi connectivity index (χ0v) is 22.0. The molecule has 1 aliphatic rings. The van der Waals surface area contributed by atoms with Crippen LogP contribution in [0.1, 0.15) is 53.8 Å². The number of amides is 2. The Kier molecular flexibility index (Phi) is 11.2. The first-order valence-electron chi connectivity index (χ1n) is 11.9. The molecule has 8 nitrogen and oxygen atoms in total. The molecule has 1 aliphatic heterocycles. The fraction of sp³-hybridized carbons (Fsp3) is 0.440. The molecule has 1 saturated heterocycles. The topological polar surface area (TPSA) is 98.8 Å². The fourth-order valence-electron chi connectivity index (χ4n) is 3.93. The van der Waals surface area contributed by atoms with Crippen molar-refractivity contribution >= 4 is 39.9 Å². The second-order valence-electron chi connectivity index (χ2n) is 8.31. The number of nitrogens with zero attached hydrogens (tertiary/aromatic N) is 2. The number of anilines is 1. The van der Waals surface area contributed by atoms with Gasteiger partial charge in [0.25, 0.3) is 11.8 Å². The summed E-state index contributed by atoms with van der Waals surface area (Å²) in [5, 5.41) is 5.67. The molecule has 0 saturated carbocycles. The first-order valence-corrected chi connectivity index (χ1v) is 13.3. The second-order valence-corrected chi connectivity index (χ2v) is 10.2. The Morgan fingerprint density at radius 3 is 2.20 bits per heavy atom. The Bertz CT molecular complexity index is 1080. The van der Waals surface area contributed by atoms with Gasteiger partial charge in [0.05, 0.1) is 4.90 Å². The molecule has 0 radical (unpaired) electrons. The standard InChI is InChI=1S/C25H34N4O4S.ClH/c1-3-28(4-2)18-15-26-24(30)20-11-13-22(14-12-20)27-25(31)21-9-8-10-23(19-21)34(32,33)29-16-6-5-7-17-29;/h8-14,19H,3-7,15-18H2,1-2H3,(H,26,30)(H,27,31);1H. The van der Waals surface area contributed by atoms with E-state index in [0.717, 1.165) is 38.9 Å². The van der Waals surface area contributed by atoms with Crippen LogP contribution in [0.25, 0.3) is 0 Å². The minimum Gasteiger partial charge on any atom is -0.351 e. The number of likely N-dealkylation sites (N-methyl/N-ethyl adjacent to an activating group) is 1. The maximum atomic E-state index is 12.9. The predicted molar refractivity (Wildman–Crippen MR) is 141 cm³/mol. The molecule has 0 atom stereocenters. The Morgan fingerprint density at radius 2 is 1.57 bits per heavy atom. The molecule has 1 heterocycles. The maximum Gasteiger partial charge on any atom is 0.255 e. The molecule has 35 heavy (non-hydrogen) atoms. The number of halogens is 1. The highest BCUT2D eigenvalue weighted by atomic mass is 35.5. The number of benzene rings is 2. The summed E-state index contributed by atoms with van der Waals surface area (Å²) in [4.78, 5) is 27.4. The van der Waals surface area contributed by atoms with Gasteiger partial charge in [-0.1, -0.05) is 26.3 Å². The highest BCUT2D eigenvalue weighted by Crippen LogP contribution is 2.22. The molecule has 2 N–H and O–H groups in total. The van der Waals surface area contributed by atoms with Gasteiger partial charge in [-0.3, -0.25) is 9.59 Å². The SMILES string of the molecule is CCN(CC)CCNC(=O)c1ccc(NC(=O)c2cccc(S(=O)(=O)N3CCCCC3)c2)cc1.Cl. The molecule has 1 fully saturated rings. The molecular weight excluding hydrogens is 488 g/mol. The maximum absolute atomic E-state index is 12.9. The van der Waals surface area contributed by atoms with Crippen molar-refractivity contribution in [3.63, 3.8) is 0 Å². The fourth-order valence-corrected chi connectivity index (χ4v) is 5.49. The number of nitrogens with one attached hydrogen (secondary N) is 2. The minimum absolute atomic E-state index is 0. The summed E-state index contributed by atoms with van der Waals surface area (Å²) < 4.78 is 27.3. The molecule has 2 amide bonds. The third-order valence-corrected chi connectivity index (χ3v) is 7.96. The molecule has 192 valence electrons. The average Bonchev–Trinajstić information content (AvgIpc) is 2.87. The smallest absolute Gasteiger partial charge is 0.255 e. The van der Waals surface area contributed by atoms with E-state index in [0.29, 0.717) is 30.9 Å². The van der Waals surface area contributed by atoms with E-state index in [2.05, 4.69) is 29.4 Å². The summed E-state index contributed by atoms with van der Waals surface area (Å²) in [7, 11) is -3.62. The summed E-state index contributed by atoms with van der Waals surface area (Å²) in [6.07, 6.45) is 2.73. The molecule has 0 aliphatic carbocycles. The molecule has 0 unspecified atom stereocenters. The number of hydrogen-bond acceptors (Lipinski definition) is 5. The highest BCUT2D eigenvalue weighted by molar-refractivity contribution is 7.89. The van der Waals surface area contributed by atoms with Gasteiger partial charge in [-0.15, -0.1) is 12.4 Å². The molecule has 0 bridgehead atoms. The van der Waals surface area contributed by atoms with Crippen LogP contribution in [0.15, 0.2) is 53.4 Å². The number of carbonyl (C=O) groups is 2. The number of sulfonamides is 1. The second kappa shape index (κ2) is 13.6.